The fraction of sp³-hybridized carbons (Fsp3) is 0.362. The van der Waals surface area contributed by atoms with Gasteiger partial charge in [0.2, 0.25) is 0 Å². The number of carbonyl (C=O) groups is 2. The smallest absolute Gasteiger partial charge is 0.310 e. The molecule has 0 aliphatic carbocycles. The van der Waals surface area contributed by atoms with Crippen LogP contribution in [0.25, 0.3) is 0 Å². The number of halogens is 3. The molecule has 0 bridgehead atoms. The minimum Gasteiger partial charge on any atom is -0.504 e. The van der Waals surface area contributed by atoms with E-state index in [1.54, 1.807) is 24.3 Å². The molecule has 0 saturated carbocycles. The Hall–Kier alpha value is -5.07. The van der Waals surface area contributed by atoms with Crippen molar-refractivity contribution < 1.29 is 42.8 Å². The molecule has 2 N–H and O–H groups in total. The second-order valence-corrected chi connectivity index (χ2v) is 17.9. The maximum atomic E-state index is 14.0. The maximum Gasteiger partial charge on any atom is 0.310 e. The minimum absolute atomic E-state index is 0.0146. The molecule has 0 amide bonds. The van der Waals surface area contributed by atoms with Gasteiger partial charge in [0.25, 0.3) is 0 Å². The Bertz CT molecular complexity index is 2270. The van der Waals surface area contributed by atoms with Gasteiger partial charge in [-0.15, -0.1) is 6.42 Å². The first-order valence-corrected chi connectivity index (χ1v) is 19.4. The molecule has 0 aromatic heterocycles. The number of hydrogen-bond acceptors (Lipinski definition) is 6. The lowest BCUT2D eigenvalue weighted by molar-refractivity contribution is -0.140. The molecule has 0 spiro atoms. The summed E-state index contributed by atoms with van der Waals surface area (Å²) in [5.74, 6) is 7.77. The number of carbonyl (C=O) groups excluding carboxylic acids is 1. The van der Waals surface area contributed by atoms with Crippen molar-refractivity contribution in [2.45, 2.75) is 103 Å². The van der Waals surface area contributed by atoms with Crippen LogP contribution >= 0.6 is 22.6 Å². The summed E-state index contributed by atoms with van der Waals surface area (Å²) in [4.78, 5) is 21.5. The summed E-state index contributed by atoms with van der Waals surface area (Å²) in [6.07, 6.45) is 6.83. The molecule has 2 heterocycles. The Kier molecular flexibility index (Phi) is 13.8. The average Bonchev–Trinajstić information content (AvgIpc) is 3.09. The second kappa shape index (κ2) is 17.6. The number of aromatic hydroxyl groups is 1. The maximum absolute atomic E-state index is 14.0. The minimum atomic E-state index is -1.06. The van der Waals surface area contributed by atoms with Crippen LogP contribution in [0.1, 0.15) is 107 Å². The monoisotopic (exact) mass is 890 g/mol. The van der Waals surface area contributed by atoms with Gasteiger partial charge < -0.3 is 24.4 Å². The molecular weight excluding hydrogens is 841 g/mol. The normalized spacial score (nSPS) is 16.0. The standard InChI is InChI=1S/C23H23FO3.C15H18O2.C9H8FIO2/c1-22(2)14-23(3,4)27-20-10-8-15(11-18(20)22)5-6-16-7-9-17(13-21(25)26)19(24)12-16;1-6-10-7-11-13(12(16)8-10)17-15(4,5)9-14(11,2)3;1-13-9(12)4-6-2-3-7(11)5-8(6)10/h7-12H,13-14H2,1-4H3,(H,25,26);1,7-8,16H,9H2,2-5H3;2-3,5H,4H2,1H3. The van der Waals surface area contributed by atoms with E-state index in [2.05, 4.69) is 64.0 Å². The van der Waals surface area contributed by atoms with Crippen LogP contribution in [0.3, 0.4) is 0 Å². The van der Waals surface area contributed by atoms with E-state index in [9.17, 15) is 23.5 Å². The van der Waals surface area contributed by atoms with Crippen molar-refractivity contribution in [3.63, 3.8) is 0 Å². The molecule has 0 saturated heterocycles. The van der Waals surface area contributed by atoms with Crippen molar-refractivity contribution in [1.29, 1.82) is 0 Å². The topological polar surface area (TPSA) is 102 Å². The van der Waals surface area contributed by atoms with E-state index in [1.807, 2.05) is 60.7 Å². The highest BCUT2D eigenvalue weighted by atomic mass is 127. The Labute approximate surface area is 348 Å². The van der Waals surface area contributed by atoms with E-state index < -0.39 is 17.8 Å². The summed E-state index contributed by atoms with van der Waals surface area (Å²) >= 11 is 2.01. The number of aliphatic carboxylic acids is 1. The van der Waals surface area contributed by atoms with Gasteiger partial charge >= 0.3 is 11.9 Å². The van der Waals surface area contributed by atoms with Crippen LogP contribution in [-0.4, -0.2) is 40.5 Å². The Morgan fingerprint density at radius 3 is 1.86 bits per heavy atom. The van der Waals surface area contributed by atoms with Gasteiger partial charge in [0.15, 0.2) is 11.5 Å². The molecule has 2 aliphatic rings. The first-order valence-electron chi connectivity index (χ1n) is 18.3. The van der Waals surface area contributed by atoms with Crippen molar-refractivity contribution >= 4 is 34.5 Å². The number of carboxylic acids is 1. The van der Waals surface area contributed by atoms with Crippen LogP contribution in [0, 0.1) is 39.4 Å². The highest BCUT2D eigenvalue weighted by Crippen LogP contribution is 2.49. The number of rotatable bonds is 4. The molecular formula is C47H49F2IO7. The van der Waals surface area contributed by atoms with E-state index in [0.29, 0.717) is 22.4 Å². The van der Waals surface area contributed by atoms with Crippen molar-refractivity contribution in [3.8, 4) is 41.4 Å². The molecule has 57 heavy (non-hydrogen) atoms. The van der Waals surface area contributed by atoms with Crippen LogP contribution in [0.15, 0.2) is 66.7 Å². The number of methoxy groups -OCH3 is 1. The first-order chi connectivity index (χ1) is 26.4. The molecule has 300 valence electrons. The number of carboxylic acid groups (broad SMARTS) is 1. The molecule has 0 unspecified atom stereocenters. The zero-order valence-corrected chi connectivity index (χ0v) is 36.0. The predicted molar refractivity (Wildman–Crippen MR) is 226 cm³/mol. The van der Waals surface area contributed by atoms with Gasteiger partial charge in [-0.1, -0.05) is 57.6 Å². The van der Waals surface area contributed by atoms with Crippen LogP contribution in [0.5, 0.6) is 17.2 Å². The van der Waals surface area contributed by atoms with Crippen LogP contribution < -0.4 is 9.47 Å². The molecule has 0 radical (unpaired) electrons. The number of ether oxygens (including phenoxy) is 3. The number of esters is 1. The third-order valence-corrected chi connectivity index (χ3v) is 10.2. The molecule has 4 aromatic rings. The molecule has 4 aromatic carbocycles. The quantitative estimate of drug-likeness (QED) is 0.120. The zero-order chi connectivity index (χ0) is 42.5. The van der Waals surface area contributed by atoms with Crippen molar-refractivity contribution in [2.24, 2.45) is 0 Å². The lowest BCUT2D eigenvalue weighted by Crippen LogP contribution is -2.41. The molecule has 7 nitrogen and oxygen atoms in total. The number of phenolic OH excluding ortho intramolecular Hbond substituents is 1. The van der Waals surface area contributed by atoms with Gasteiger partial charge in [0, 0.05) is 31.4 Å². The van der Waals surface area contributed by atoms with Gasteiger partial charge in [-0.2, -0.15) is 0 Å². The number of terminal acetylenes is 1. The van der Waals surface area contributed by atoms with Gasteiger partial charge in [0.05, 0.1) is 20.0 Å². The lowest BCUT2D eigenvalue weighted by Gasteiger charge is -2.42. The summed E-state index contributed by atoms with van der Waals surface area (Å²) in [5.41, 5.74) is 4.11. The van der Waals surface area contributed by atoms with Gasteiger partial charge in [-0.25, -0.2) is 8.78 Å². The largest absolute Gasteiger partial charge is 0.504 e. The molecule has 0 fully saturated rings. The number of benzene rings is 4. The summed E-state index contributed by atoms with van der Waals surface area (Å²) < 4.78 is 44.3. The fourth-order valence-corrected chi connectivity index (χ4v) is 7.92. The Morgan fingerprint density at radius 2 is 1.28 bits per heavy atom. The Morgan fingerprint density at radius 1 is 0.754 bits per heavy atom. The van der Waals surface area contributed by atoms with Crippen molar-refractivity contribution in [2.75, 3.05) is 7.11 Å². The molecule has 6 rings (SSSR count). The van der Waals surface area contributed by atoms with E-state index in [4.69, 9.17) is 21.0 Å². The summed E-state index contributed by atoms with van der Waals surface area (Å²) in [6, 6.07) is 18.5. The third-order valence-electron chi connectivity index (χ3n) is 9.50. The van der Waals surface area contributed by atoms with Crippen LogP contribution in [0.4, 0.5) is 8.78 Å². The Balaban J connectivity index is 0.000000205. The zero-order valence-electron chi connectivity index (χ0n) is 33.8. The summed E-state index contributed by atoms with van der Waals surface area (Å²) in [6.45, 7) is 16.9. The fourth-order valence-electron chi connectivity index (χ4n) is 7.47. The van der Waals surface area contributed by atoms with Crippen molar-refractivity contribution in [1.82, 2.24) is 0 Å². The van der Waals surface area contributed by atoms with E-state index in [1.165, 1.54) is 25.3 Å². The van der Waals surface area contributed by atoms with Crippen molar-refractivity contribution in [3.05, 3.63) is 121 Å². The van der Waals surface area contributed by atoms with Gasteiger partial charge in [-0.3, -0.25) is 9.59 Å². The van der Waals surface area contributed by atoms with E-state index >= 15 is 0 Å². The summed E-state index contributed by atoms with van der Waals surface area (Å²) in [7, 11) is 1.28. The van der Waals surface area contributed by atoms with Gasteiger partial charge in [-0.05, 0) is 140 Å². The predicted octanol–water partition coefficient (Wildman–Crippen LogP) is 10.0. The molecule has 2 aliphatic heterocycles. The summed E-state index contributed by atoms with van der Waals surface area (Å²) in [5, 5.41) is 18.8. The van der Waals surface area contributed by atoms with E-state index in [-0.39, 0.29) is 52.0 Å². The number of phenols is 1. The highest BCUT2D eigenvalue weighted by molar-refractivity contribution is 14.1. The molecule has 0 atom stereocenters. The van der Waals surface area contributed by atoms with Crippen LogP contribution in [-0.2, 0) is 38.0 Å². The van der Waals surface area contributed by atoms with Crippen LogP contribution in [0.2, 0.25) is 0 Å². The number of fused-ring (bicyclic) bond motifs is 2. The SMILES string of the molecule is C#Cc1cc(O)c2c(c1)C(C)(C)CC(C)(C)O2.CC1(C)CC(C)(C)c2cc(C#Cc3ccc(CC(=O)O)c(F)c3)ccc2O1.COC(=O)Cc1ccc(I)cc1F. The average molecular weight is 891 g/mol. The van der Waals surface area contributed by atoms with Gasteiger partial charge in [0.1, 0.15) is 28.6 Å². The highest BCUT2D eigenvalue weighted by Gasteiger charge is 2.41. The number of hydrogen-bond donors (Lipinski definition) is 2. The second-order valence-electron chi connectivity index (χ2n) is 16.7. The van der Waals surface area contributed by atoms with E-state index in [0.717, 1.165) is 38.9 Å². The first kappa shape index (κ1) is 44.6. The lowest BCUT2D eigenvalue weighted by atomic mass is 9.73. The molecule has 10 heteroatoms. The third kappa shape index (κ3) is 12.0.